The van der Waals surface area contributed by atoms with E-state index in [1.165, 1.54) is 6.07 Å². The molecule has 1 aromatic rings. The third-order valence-corrected chi connectivity index (χ3v) is 3.61. The zero-order chi connectivity index (χ0) is 15.2. The highest BCUT2D eigenvalue weighted by Gasteiger charge is 2.23. The summed E-state index contributed by atoms with van der Waals surface area (Å²) in [5.41, 5.74) is 0.0161. The Balaban J connectivity index is 1.95. The van der Waals surface area contributed by atoms with Gasteiger partial charge in [0.05, 0.1) is 12.2 Å². The minimum Gasteiger partial charge on any atom is -0.322 e. The molecule has 0 bridgehead atoms. The summed E-state index contributed by atoms with van der Waals surface area (Å²) in [6.45, 7) is 4.94. The van der Waals surface area contributed by atoms with Crippen LogP contribution in [0.15, 0.2) is 18.2 Å². The van der Waals surface area contributed by atoms with Gasteiger partial charge < -0.3 is 10.6 Å². The van der Waals surface area contributed by atoms with E-state index >= 15 is 0 Å². The summed E-state index contributed by atoms with van der Waals surface area (Å²) < 4.78 is 26.4. The molecule has 6 heteroatoms. The van der Waals surface area contributed by atoms with Crippen molar-refractivity contribution in [3.63, 3.8) is 0 Å². The fourth-order valence-corrected chi connectivity index (χ4v) is 2.59. The second-order valence-electron chi connectivity index (χ2n) is 5.29. The van der Waals surface area contributed by atoms with E-state index in [4.69, 9.17) is 0 Å². The molecule has 1 atom stereocenters. The number of halogens is 2. The number of hydrogen-bond donors (Lipinski definition) is 2. The zero-order valence-corrected chi connectivity index (χ0v) is 12.2. The van der Waals surface area contributed by atoms with Gasteiger partial charge in [-0.3, -0.25) is 9.69 Å². The molecule has 2 N–H and O–H groups in total. The molecule has 1 saturated heterocycles. The average Bonchev–Trinajstić information content (AvgIpc) is 2.95. The van der Waals surface area contributed by atoms with Crippen LogP contribution in [0.1, 0.15) is 19.8 Å². The summed E-state index contributed by atoms with van der Waals surface area (Å²) >= 11 is 0. The SMILES string of the molecule is CCCN(CC(=O)Nc1ccc(F)cc1F)C1CCNC1. The average molecular weight is 297 g/mol. The molecule has 1 aromatic carbocycles. The topological polar surface area (TPSA) is 44.4 Å². The summed E-state index contributed by atoms with van der Waals surface area (Å²) in [5.74, 6) is -1.69. The standard InChI is InChI=1S/C15H21F2N3O/c1-2-7-20(12-5-6-18-9-12)10-15(21)19-14-4-3-11(16)8-13(14)17/h3-4,8,12,18H,2,5-7,9-10H2,1H3,(H,19,21). The summed E-state index contributed by atoms with van der Waals surface area (Å²) in [6.07, 6.45) is 1.97. The number of carbonyl (C=O) groups is 1. The molecular formula is C15H21F2N3O. The molecule has 1 fully saturated rings. The molecule has 0 aliphatic carbocycles. The molecule has 1 amide bonds. The first-order valence-electron chi connectivity index (χ1n) is 7.30. The molecule has 4 nitrogen and oxygen atoms in total. The lowest BCUT2D eigenvalue weighted by Gasteiger charge is -2.27. The number of benzene rings is 1. The molecule has 2 rings (SSSR count). The van der Waals surface area contributed by atoms with Crippen LogP contribution in [-0.2, 0) is 4.79 Å². The van der Waals surface area contributed by atoms with Gasteiger partial charge in [-0.1, -0.05) is 6.92 Å². The van der Waals surface area contributed by atoms with Crippen molar-refractivity contribution in [2.75, 3.05) is 31.5 Å². The summed E-state index contributed by atoms with van der Waals surface area (Å²) in [4.78, 5) is 14.2. The van der Waals surface area contributed by atoms with Crippen molar-refractivity contribution >= 4 is 11.6 Å². The van der Waals surface area contributed by atoms with Crippen molar-refractivity contribution in [1.29, 1.82) is 0 Å². The van der Waals surface area contributed by atoms with Crippen molar-refractivity contribution in [3.05, 3.63) is 29.8 Å². The normalized spacial score (nSPS) is 18.2. The molecule has 21 heavy (non-hydrogen) atoms. The first-order valence-corrected chi connectivity index (χ1v) is 7.30. The summed E-state index contributed by atoms with van der Waals surface area (Å²) in [6, 6.07) is 3.47. The van der Waals surface area contributed by atoms with Crippen LogP contribution in [-0.4, -0.2) is 43.0 Å². The van der Waals surface area contributed by atoms with Crippen LogP contribution in [0.2, 0.25) is 0 Å². The van der Waals surface area contributed by atoms with Crippen molar-refractivity contribution in [2.24, 2.45) is 0 Å². The van der Waals surface area contributed by atoms with E-state index in [-0.39, 0.29) is 18.1 Å². The Hall–Kier alpha value is -1.53. The predicted octanol–water partition coefficient (Wildman–Crippen LogP) is 1.98. The number of anilines is 1. The van der Waals surface area contributed by atoms with E-state index < -0.39 is 11.6 Å². The van der Waals surface area contributed by atoms with Crippen molar-refractivity contribution in [1.82, 2.24) is 10.2 Å². The number of nitrogens with one attached hydrogen (secondary N) is 2. The lowest BCUT2D eigenvalue weighted by atomic mass is 10.2. The van der Waals surface area contributed by atoms with Crippen LogP contribution in [0.4, 0.5) is 14.5 Å². The Kier molecular flexibility index (Phi) is 5.64. The van der Waals surface area contributed by atoms with E-state index in [1.54, 1.807) is 0 Å². The van der Waals surface area contributed by atoms with Gasteiger partial charge in [0.15, 0.2) is 0 Å². The lowest BCUT2D eigenvalue weighted by Crippen LogP contribution is -2.42. The third-order valence-electron chi connectivity index (χ3n) is 3.61. The molecule has 1 unspecified atom stereocenters. The van der Waals surface area contributed by atoms with E-state index in [2.05, 4.69) is 22.5 Å². The Labute approximate surface area is 123 Å². The smallest absolute Gasteiger partial charge is 0.238 e. The Morgan fingerprint density at radius 2 is 2.29 bits per heavy atom. The maximum absolute atomic E-state index is 13.5. The van der Waals surface area contributed by atoms with E-state index in [1.807, 2.05) is 0 Å². The highest BCUT2D eigenvalue weighted by molar-refractivity contribution is 5.92. The van der Waals surface area contributed by atoms with Crippen LogP contribution in [0.25, 0.3) is 0 Å². The van der Waals surface area contributed by atoms with Crippen molar-refractivity contribution in [2.45, 2.75) is 25.8 Å². The minimum atomic E-state index is -0.757. The molecule has 0 radical (unpaired) electrons. The summed E-state index contributed by atoms with van der Waals surface area (Å²) in [7, 11) is 0. The van der Waals surface area contributed by atoms with Gasteiger partial charge in [-0.2, -0.15) is 0 Å². The second kappa shape index (κ2) is 7.47. The largest absolute Gasteiger partial charge is 0.322 e. The molecule has 0 aromatic heterocycles. The van der Waals surface area contributed by atoms with Crippen LogP contribution >= 0.6 is 0 Å². The monoisotopic (exact) mass is 297 g/mol. The Morgan fingerprint density at radius 1 is 1.48 bits per heavy atom. The van der Waals surface area contributed by atoms with Crippen LogP contribution in [0.5, 0.6) is 0 Å². The van der Waals surface area contributed by atoms with Gasteiger partial charge in [-0.15, -0.1) is 0 Å². The van der Waals surface area contributed by atoms with Gasteiger partial charge in [0.25, 0.3) is 0 Å². The van der Waals surface area contributed by atoms with Crippen molar-refractivity contribution < 1.29 is 13.6 Å². The van der Waals surface area contributed by atoms with Crippen molar-refractivity contribution in [3.8, 4) is 0 Å². The van der Waals surface area contributed by atoms with E-state index in [0.29, 0.717) is 6.04 Å². The fourth-order valence-electron chi connectivity index (χ4n) is 2.59. The molecule has 116 valence electrons. The second-order valence-corrected chi connectivity index (χ2v) is 5.29. The van der Waals surface area contributed by atoms with Gasteiger partial charge in [-0.25, -0.2) is 8.78 Å². The first kappa shape index (κ1) is 15.9. The summed E-state index contributed by atoms with van der Waals surface area (Å²) in [5, 5.41) is 5.78. The van der Waals surface area contributed by atoms with Gasteiger partial charge in [0, 0.05) is 18.7 Å². The maximum Gasteiger partial charge on any atom is 0.238 e. The van der Waals surface area contributed by atoms with E-state index in [0.717, 1.165) is 44.6 Å². The lowest BCUT2D eigenvalue weighted by molar-refractivity contribution is -0.117. The Morgan fingerprint density at radius 3 is 2.90 bits per heavy atom. The zero-order valence-electron chi connectivity index (χ0n) is 12.2. The van der Waals surface area contributed by atoms with Crippen LogP contribution < -0.4 is 10.6 Å². The van der Waals surface area contributed by atoms with Gasteiger partial charge in [0.1, 0.15) is 11.6 Å². The molecule has 0 spiro atoms. The maximum atomic E-state index is 13.5. The number of amides is 1. The van der Waals surface area contributed by atoms with Gasteiger partial charge in [-0.05, 0) is 38.1 Å². The third kappa shape index (κ3) is 4.47. The molecular weight excluding hydrogens is 276 g/mol. The number of hydrogen-bond acceptors (Lipinski definition) is 3. The van der Waals surface area contributed by atoms with Crippen LogP contribution in [0, 0.1) is 11.6 Å². The van der Waals surface area contributed by atoms with E-state index in [9.17, 15) is 13.6 Å². The highest BCUT2D eigenvalue weighted by Crippen LogP contribution is 2.15. The Bertz CT molecular complexity index is 490. The molecule has 1 heterocycles. The minimum absolute atomic E-state index is 0.0161. The highest BCUT2D eigenvalue weighted by atomic mass is 19.1. The predicted molar refractivity (Wildman–Crippen MR) is 78.1 cm³/mol. The van der Waals surface area contributed by atoms with Gasteiger partial charge >= 0.3 is 0 Å². The first-order chi connectivity index (χ1) is 10.1. The van der Waals surface area contributed by atoms with Gasteiger partial charge in [0.2, 0.25) is 5.91 Å². The number of rotatable bonds is 6. The number of carbonyl (C=O) groups excluding carboxylic acids is 1. The number of nitrogens with zero attached hydrogens (tertiary/aromatic N) is 1. The quantitative estimate of drug-likeness (QED) is 0.844. The fraction of sp³-hybridized carbons (Fsp3) is 0.533. The molecule has 0 saturated carbocycles. The van der Waals surface area contributed by atoms with Crippen LogP contribution in [0.3, 0.4) is 0 Å². The molecule has 1 aliphatic heterocycles. The molecule has 1 aliphatic rings.